The number of nitrogens with two attached hydrogens (primary N) is 1. The van der Waals surface area contributed by atoms with Crippen LogP contribution in [0.15, 0.2) is 24.3 Å². The molecule has 9 heteroatoms. The fraction of sp³-hybridized carbons (Fsp3) is 0.476. The van der Waals surface area contributed by atoms with Crippen LogP contribution in [0.1, 0.15) is 45.0 Å². The Morgan fingerprint density at radius 2 is 1.87 bits per heavy atom. The number of hydrogen-bond donors (Lipinski definition) is 2. The number of nitrogens with one attached hydrogen (secondary N) is 1. The van der Waals surface area contributed by atoms with E-state index in [2.05, 4.69) is 10.3 Å². The maximum absolute atomic E-state index is 11.8. The molecule has 30 heavy (non-hydrogen) atoms. The first kappa shape index (κ1) is 24.8. The van der Waals surface area contributed by atoms with E-state index < -0.39 is 17.7 Å². The van der Waals surface area contributed by atoms with E-state index in [9.17, 15) is 9.59 Å². The van der Waals surface area contributed by atoms with Crippen molar-refractivity contribution in [3.05, 3.63) is 29.8 Å². The number of aromatic nitrogens is 2. The lowest BCUT2D eigenvalue weighted by atomic mass is 10.2. The monoisotopic (exact) mass is 420 g/mol. The van der Waals surface area contributed by atoms with Gasteiger partial charge in [-0.15, -0.1) is 0 Å². The van der Waals surface area contributed by atoms with Crippen molar-refractivity contribution in [1.82, 2.24) is 14.9 Å². The highest BCUT2D eigenvalue weighted by Crippen LogP contribution is 2.30. The zero-order valence-electron chi connectivity index (χ0n) is 18.7. The number of fused-ring (bicyclic) bond motifs is 1. The Kier molecular flexibility index (Phi) is 9.16. The average Bonchev–Trinajstić information content (AvgIpc) is 3.01. The van der Waals surface area contributed by atoms with Gasteiger partial charge in [0.1, 0.15) is 16.9 Å². The standard InChI is InChI=1S/C19H26N4O5.C2H6/c1-19(2,3)28-18(25)21-8-6-7-9-23-15-13(22-17(23)20)10-12(16(24)27-5)11-14(15)26-4;1-2/h6-7,10-11H,8-9H2,1-5H3,(H2,20,22)(H,21,25);1-2H3/b7-6+;. The smallest absolute Gasteiger partial charge is 0.407 e. The minimum absolute atomic E-state index is 0.278. The number of benzene rings is 1. The zero-order chi connectivity index (χ0) is 22.9. The van der Waals surface area contributed by atoms with Crippen LogP contribution in [0, 0.1) is 0 Å². The first-order chi connectivity index (χ1) is 14.2. The van der Waals surface area contributed by atoms with E-state index in [4.69, 9.17) is 19.9 Å². The Hall–Kier alpha value is -3.23. The lowest BCUT2D eigenvalue weighted by Gasteiger charge is -2.19. The number of amides is 1. The van der Waals surface area contributed by atoms with E-state index in [1.165, 1.54) is 14.2 Å². The number of anilines is 1. The Morgan fingerprint density at radius 3 is 2.43 bits per heavy atom. The van der Waals surface area contributed by atoms with Gasteiger partial charge in [-0.3, -0.25) is 0 Å². The predicted octanol–water partition coefficient (Wildman–Crippen LogP) is 3.52. The summed E-state index contributed by atoms with van der Waals surface area (Å²) in [5, 5.41) is 2.64. The predicted molar refractivity (Wildman–Crippen MR) is 117 cm³/mol. The molecule has 0 saturated heterocycles. The van der Waals surface area contributed by atoms with Crippen LogP contribution in [0.5, 0.6) is 5.75 Å². The molecule has 0 aliphatic carbocycles. The van der Waals surface area contributed by atoms with Crippen LogP contribution in [0.2, 0.25) is 0 Å². The summed E-state index contributed by atoms with van der Waals surface area (Å²) in [5.41, 5.74) is 7.00. The first-order valence-corrected chi connectivity index (χ1v) is 9.70. The van der Waals surface area contributed by atoms with Crippen LogP contribution in [0.4, 0.5) is 10.7 Å². The molecule has 0 aliphatic heterocycles. The molecule has 1 aromatic carbocycles. The molecule has 166 valence electrons. The van der Waals surface area contributed by atoms with Crippen molar-refractivity contribution in [3.8, 4) is 5.75 Å². The number of rotatable bonds is 6. The van der Waals surface area contributed by atoms with Gasteiger partial charge in [0, 0.05) is 13.1 Å². The SMILES string of the molecule is CC.COC(=O)c1cc(OC)c2c(c1)nc(N)n2C/C=C/CNC(=O)OC(C)(C)C. The summed E-state index contributed by atoms with van der Waals surface area (Å²) in [4.78, 5) is 27.7. The highest BCUT2D eigenvalue weighted by molar-refractivity contribution is 5.96. The molecule has 0 aliphatic rings. The third kappa shape index (κ3) is 6.68. The molecular weight excluding hydrogens is 388 g/mol. The van der Waals surface area contributed by atoms with Crippen LogP contribution >= 0.6 is 0 Å². The van der Waals surface area contributed by atoms with Gasteiger partial charge >= 0.3 is 12.1 Å². The van der Waals surface area contributed by atoms with Gasteiger partial charge in [0.15, 0.2) is 0 Å². The lowest BCUT2D eigenvalue weighted by Crippen LogP contribution is -2.32. The average molecular weight is 421 g/mol. The summed E-state index contributed by atoms with van der Waals surface area (Å²) in [6, 6.07) is 3.18. The number of alkyl carbamates (subject to hydrolysis) is 1. The van der Waals surface area contributed by atoms with Gasteiger partial charge in [0.2, 0.25) is 5.95 Å². The number of methoxy groups -OCH3 is 2. The number of ether oxygens (including phenoxy) is 3. The number of nitrogens with zero attached hydrogens (tertiary/aromatic N) is 2. The van der Waals surface area contributed by atoms with Crippen LogP contribution in [0.25, 0.3) is 11.0 Å². The Morgan fingerprint density at radius 1 is 1.20 bits per heavy atom. The molecule has 1 heterocycles. The van der Waals surface area contributed by atoms with Crippen molar-refractivity contribution in [3.63, 3.8) is 0 Å². The molecule has 0 bridgehead atoms. The van der Waals surface area contributed by atoms with Crippen LogP contribution in [-0.2, 0) is 16.0 Å². The lowest BCUT2D eigenvalue weighted by molar-refractivity contribution is 0.0532. The molecular formula is C21H32N4O5. The summed E-state index contributed by atoms with van der Waals surface area (Å²) >= 11 is 0. The van der Waals surface area contributed by atoms with Gasteiger partial charge in [-0.05, 0) is 32.9 Å². The number of esters is 1. The highest BCUT2D eigenvalue weighted by atomic mass is 16.6. The van der Waals surface area contributed by atoms with Crippen molar-refractivity contribution in [2.24, 2.45) is 0 Å². The van der Waals surface area contributed by atoms with E-state index in [0.717, 1.165) is 0 Å². The van der Waals surface area contributed by atoms with E-state index in [-0.39, 0.29) is 5.95 Å². The fourth-order valence-electron chi connectivity index (χ4n) is 2.54. The molecule has 2 rings (SSSR count). The Labute approximate surface area is 177 Å². The summed E-state index contributed by atoms with van der Waals surface area (Å²) in [6.45, 7) is 10.1. The minimum Gasteiger partial charge on any atom is -0.494 e. The quantitative estimate of drug-likeness (QED) is 0.542. The number of carbonyl (C=O) groups is 2. The molecule has 9 nitrogen and oxygen atoms in total. The molecule has 3 N–H and O–H groups in total. The van der Waals surface area contributed by atoms with Gasteiger partial charge < -0.3 is 29.8 Å². The largest absolute Gasteiger partial charge is 0.494 e. The van der Waals surface area contributed by atoms with Crippen LogP contribution in [-0.4, -0.2) is 48.0 Å². The molecule has 0 saturated carbocycles. The van der Waals surface area contributed by atoms with E-state index >= 15 is 0 Å². The Bertz CT molecular complexity index is 897. The van der Waals surface area contributed by atoms with Crippen molar-refractivity contribution in [2.75, 3.05) is 26.5 Å². The molecule has 0 fully saturated rings. The molecule has 1 aromatic heterocycles. The number of carbonyl (C=O) groups excluding carboxylic acids is 2. The Balaban J connectivity index is 0.00000218. The maximum Gasteiger partial charge on any atom is 0.407 e. The molecule has 2 aromatic rings. The van der Waals surface area contributed by atoms with Gasteiger partial charge in [0.25, 0.3) is 0 Å². The molecule has 0 spiro atoms. The van der Waals surface area contributed by atoms with Gasteiger partial charge in [-0.25, -0.2) is 14.6 Å². The van der Waals surface area contributed by atoms with E-state index in [1.807, 2.05) is 19.9 Å². The fourth-order valence-corrected chi connectivity index (χ4v) is 2.54. The van der Waals surface area contributed by atoms with E-state index in [0.29, 0.717) is 35.4 Å². The van der Waals surface area contributed by atoms with Gasteiger partial charge in [0.05, 0.1) is 25.3 Å². The van der Waals surface area contributed by atoms with E-state index in [1.54, 1.807) is 43.5 Å². The van der Waals surface area contributed by atoms with Crippen molar-refractivity contribution in [2.45, 2.75) is 46.8 Å². The molecule has 0 radical (unpaired) electrons. The second-order valence-corrected chi connectivity index (χ2v) is 6.97. The number of hydrogen-bond acceptors (Lipinski definition) is 7. The highest BCUT2D eigenvalue weighted by Gasteiger charge is 2.17. The second-order valence-electron chi connectivity index (χ2n) is 6.97. The maximum atomic E-state index is 11.8. The van der Waals surface area contributed by atoms with Crippen LogP contribution in [0.3, 0.4) is 0 Å². The van der Waals surface area contributed by atoms with Crippen molar-refractivity contribution >= 4 is 29.0 Å². The van der Waals surface area contributed by atoms with Crippen LogP contribution < -0.4 is 15.8 Å². The summed E-state index contributed by atoms with van der Waals surface area (Å²) < 4.78 is 17.1. The molecule has 0 unspecified atom stereocenters. The van der Waals surface area contributed by atoms with Crippen molar-refractivity contribution in [1.29, 1.82) is 0 Å². The number of allylic oxidation sites excluding steroid dienone is 1. The molecule has 1 amide bonds. The third-order valence-corrected chi connectivity index (χ3v) is 3.70. The second kappa shape index (κ2) is 11.1. The topological polar surface area (TPSA) is 118 Å². The normalized spacial score (nSPS) is 11.0. The molecule has 0 atom stereocenters. The van der Waals surface area contributed by atoms with Gasteiger partial charge in [-0.1, -0.05) is 26.0 Å². The van der Waals surface area contributed by atoms with Crippen molar-refractivity contribution < 1.29 is 23.8 Å². The number of imidazole rings is 1. The summed E-state index contributed by atoms with van der Waals surface area (Å²) in [5.74, 6) is 0.254. The first-order valence-electron chi connectivity index (χ1n) is 9.70. The zero-order valence-corrected chi connectivity index (χ0v) is 18.7. The summed E-state index contributed by atoms with van der Waals surface area (Å²) in [7, 11) is 2.81. The third-order valence-electron chi connectivity index (χ3n) is 3.70. The number of nitrogen functional groups attached to an aromatic ring is 1. The summed E-state index contributed by atoms with van der Waals surface area (Å²) in [6.07, 6.45) is 3.13. The van der Waals surface area contributed by atoms with Gasteiger partial charge in [-0.2, -0.15) is 0 Å². The minimum atomic E-state index is -0.544.